The summed E-state index contributed by atoms with van der Waals surface area (Å²) in [5.41, 5.74) is 0.0759. The highest BCUT2D eigenvalue weighted by Crippen LogP contribution is 2.25. The largest absolute Gasteiger partial charge is 0.373 e. The van der Waals surface area contributed by atoms with Gasteiger partial charge in [0.2, 0.25) is 0 Å². The van der Waals surface area contributed by atoms with Crippen molar-refractivity contribution in [2.24, 2.45) is 0 Å². The molecule has 0 fully saturated rings. The van der Waals surface area contributed by atoms with Gasteiger partial charge in [-0.3, -0.25) is 10.1 Å². The second-order valence-electron chi connectivity index (χ2n) is 3.07. The molecule has 0 saturated carbocycles. The van der Waals surface area contributed by atoms with Crippen molar-refractivity contribution in [1.29, 1.82) is 0 Å². The minimum Gasteiger partial charge on any atom is -0.373 e. The monoisotopic (exact) mass is 203 g/mol. The number of pyridine rings is 1. The normalized spacial score (nSPS) is 10.2. The van der Waals surface area contributed by atoms with Crippen molar-refractivity contribution in [3.05, 3.63) is 40.6 Å². The van der Waals surface area contributed by atoms with E-state index in [2.05, 4.69) is 10.3 Å². The summed E-state index contributed by atoms with van der Waals surface area (Å²) in [6.45, 7) is 0. The van der Waals surface area contributed by atoms with Crippen LogP contribution in [0.25, 0.3) is 10.8 Å². The van der Waals surface area contributed by atoms with Crippen molar-refractivity contribution in [3.8, 4) is 0 Å². The summed E-state index contributed by atoms with van der Waals surface area (Å²) in [5.74, 6) is 0.649. The Morgan fingerprint density at radius 3 is 2.87 bits per heavy atom. The number of hydrogen-bond acceptors (Lipinski definition) is 4. The molecule has 0 saturated heterocycles. The molecule has 2 aromatic rings. The van der Waals surface area contributed by atoms with Crippen LogP contribution in [0.15, 0.2) is 30.5 Å². The summed E-state index contributed by atoms with van der Waals surface area (Å²) < 4.78 is 0. The van der Waals surface area contributed by atoms with E-state index in [1.54, 1.807) is 19.3 Å². The van der Waals surface area contributed by atoms with Crippen LogP contribution in [0.5, 0.6) is 0 Å². The summed E-state index contributed by atoms with van der Waals surface area (Å²) >= 11 is 0. The van der Waals surface area contributed by atoms with Crippen LogP contribution in [0.1, 0.15) is 0 Å². The smallest absolute Gasteiger partial charge is 0.270 e. The Balaban J connectivity index is 2.72. The number of nitrogens with zero attached hydrogens (tertiary/aromatic N) is 2. The molecule has 0 aliphatic carbocycles. The molecule has 0 amide bonds. The lowest BCUT2D eigenvalue weighted by molar-refractivity contribution is -0.384. The molecule has 1 aromatic heterocycles. The van der Waals surface area contributed by atoms with Crippen LogP contribution in [0.3, 0.4) is 0 Å². The SMILES string of the molecule is CNc1nccc2ccc([N+](=O)[O-])cc12. The van der Waals surface area contributed by atoms with Crippen LogP contribution in [0, 0.1) is 10.1 Å². The number of nitrogens with one attached hydrogen (secondary N) is 1. The number of non-ortho nitro benzene ring substituents is 1. The molecule has 1 heterocycles. The molecule has 76 valence electrons. The second-order valence-corrected chi connectivity index (χ2v) is 3.07. The second kappa shape index (κ2) is 3.53. The summed E-state index contributed by atoms with van der Waals surface area (Å²) in [6.07, 6.45) is 1.67. The Morgan fingerprint density at radius 2 is 2.20 bits per heavy atom. The van der Waals surface area contributed by atoms with Gasteiger partial charge in [-0.1, -0.05) is 0 Å². The first kappa shape index (κ1) is 9.39. The average molecular weight is 203 g/mol. The summed E-state index contributed by atoms with van der Waals surface area (Å²) in [4.78, 5) is 14.3. The quantitative estimate of drug-likeness (QED) is 0.600. The van der Waals surface area contributed by atoms with Gasteiger partial charge in [-0.2, -0.15) is 0 Å². The van der Waals surface area contributed by atoms with Gasteiger partial charge in [0.15, 0.2) is 0 Å². The van der Waals surface area contributed by atoms with Gasteiger partial charge in [0.25, 0.3) is 5.69 Å². The van der Waals surface area contributed by atoms with Crippen LogP contribution < -0.4 is 5.32 Å². The van der Waals surface area contributed by atoms with Gasteiger partial charge >= 0.3 is 0 Å². The Bertz CT molecular complexity index is 525. The maximum Gasteiger partial charge on any atom is 0.270 e. The van der Waals surface area contributed by atoms with Gasteiger partial charge in [-0.15, -0.1) is 0 Å². The first-order valence-electron chi connectivity index (χ1n) is 4.43. The molecule has 5 nitrogen and oxygen atoms in total. The number of aromatic nitrogens is 1. The van der Waals surface area contributed by atoms with Gasteiger partial charge in [0.1, 0.15) is 5.82 Å². The van der Waals surface area contributed by atoms with Crippen molar-refractivity contribution in [2.75, 3.05) is 12.4 Å². The topological polar surface area (TPSA) is 68.1 Å². The van der Waals surface area contributed by atoms with E-state index in [0.717, 1.165) is 10.8 Å². The third kappa shape index (κ3) is 1.59. The van der Waals surface area contributed by atoms with Crippen LogP contribution in [0.4, 0.5) is 11.5 Å². The standard InChI is InChI=1S/C10H9N3O2/c1-11-10-9-6-8(13(14)15)3-2-7(9)4-5-12-10/h2-6H,1H3,(H,11,12). The van der Waals surface area contributed by atoms with Gasteiger partial charge in [0.05, 0.1) is 4.92 Å². The summed E-state index contributed by atoms with van der Waals surface area (Å²) in [7, 11) is 1.74. The summed E-state index contributed by atoms with van der Waals surface area (Å²) in [5, 5.41) is 15.2. The van der Waals surface area contributed by atoms with Crippen LogP contribution in [0.2, 0.25) is 0 Å². The maximum atomic E-state index is 10.6. The molecule has 15 heavy (non-hydrogen) atoms. The van der Waals surface area contributed by atoms with Gasteiger partial charge in [-0.05, 0) is 17.5 Å². The first-order valence-corrected chi connectivity index (χ1v) is 4.43. The van der Waals surface area contributed by atoms with Crippen molar-refractivity contribution >= 4 is 22.3 Å². The number of nitro benzene ring substituents is 1. The summed E-state index contributed by atoms with van der Waals surface area (Å²) in [6, 6.07) is 6.55. The lowest BCUT2D eigenvalue weighted by Gasteiger charge is -2.03. The fraction of sp³-hybridized carbons (Fsp3) is 0.100. The number of rotatable bonds is 2. The Kier molecular flexibility index (Phi) is 2.21. The van der Waals surface area contributed by atoms with E-state index in [-0.39, 0.29) is 5.69 Å². The van der Waals surface area contributed by atoms with Crippen LogP contribution >= 0.6 is 0 Å². The van der Waals surface area contributed by atoms with Crippen LogP contribution in [-0.2, 0) is 0 Å². The van der Waals surface area contributed by atoms with Gasteiger partial charge < -0.3 is 5.32 Å². The molecular weight excluding hydrogens is 194 g/mol. The van der Waals surface area contributed by atoms with Crippen LogP contribution in [-0.4, -0.2) is 17.0 Å². The first-order chi connectivity index (χ1) is 7.22. The number of nitro groups is 1. The fourth-order valence-corrected chi connectivity index (χ4v) is 1.47. The maximum absolute atomic E-state index is 10.6. The third-order valence-electron chi connectivity index (χ3n) is 2.20. The number of benzene rings is 1. The number of anilines is 1. The fourth-order valence-electron chi connectivity index (χ4n) is 1.47. The highest BCUT2D eigenvalue weighted by atomic mass is 16.6. The molecular formula is C10H9N3O2. The minimum atomic E-state index is -0.411. The molecule has 0 unspecified atom stereocenters. The van der Waals surface area contributed by atoms with Crippen molar-refractivity contribution in [2.45, 2.75) is 0 Å². The molecule has 1 N–H and O–H groups in total. The zero-order valence-electron chi connectivity index (χ0n) is 8.10. The number of fused-ring (bicyclic) bond motifs is 1. The molecule has 0 atom stereocenters. The Morgan fingerprint density at radius 1 is 1.40 bits per heavy atom. The lowest BCUT2D eigenvalue weighted by Crippen LogP contribution is -1.94. The van der Waals surface area contributed by atoms with Crippen molar-refractivity contribution in [3.63, 3.8) is 0 Å². The van der Waals surface area contributed by atoms with Gasteiger partial charge in [-0.25, -0.2) is 4.98 Å². The Hall–Kier alpha value is -2.17. The highest BCUT2D eigenvalue weighted by Gasteiger charge is 2.08. The average Bonchev–Trinajstić information content (AvgIpc) is 2.27. The Labute approximate surface area is 85.9 Å². The molecule has 0 radical (unpaired) electrons. The third-order valence-corrected chi connectivity index (χ3v) is 2.20. The minimum absolute atomic E-state index is 0.0759. The molecule has 2 rings (SSSR count). The zero-order valence-corrected chi connectivity index (χ0v) is 8.10. The van der Waals surface area contributed by atoms with Crippen molar-refractivity contribution in [1.82, 2.24) is 4.98 Å². The highest BCUT2D eigenvalue weighted by molar-refractivity contribution is 5.93. The van der Waals surface area contributed by atoms with E-state index in [4.69, 9.17) is 0 Å². The molecule has 0 bridgehead atoms. The zero-order chi connectivity index (χ0) is 10.8. The predicted octanol–water partition coefficient (Wildman–Crippen LogP) is 2.18. The molecule has 1 aromatic carbocycles. The van der Waals surface area contributed by atoms with Gasteiger partial charge in [0, 0.05) is 30.8 Å². The predicted molar refractivity (Wildman–Crippen MR) is 57.9 cm³/mol. The molecule has 0 spiro atoms. The van der Waals surface area contributed by atoms with E-state index in [0.29, 0.717) is 5.82 Å². The van der Waals surface area contributed by atoms with Crippen molar-refractivity contribution < 1.29 is 4.92 Å². The van der Waals surface area contributed by atoms with E-state index in [9.17, 15) is 10.1 Å². The molecule has 0 aliphatic heterocycles. The van der Waals surface area contributed by atoms with E-state index >= 15 is 0 Å². The lowest BCUT2D eigenvalue weighted by atomic mass is 10.1. The molecule has 0 aliphatic rings. The molecule has 5 heteroatoms. The van der Waals surface area contributed by atoms with E-state index in [1.807, 2.05) is 6.07 Å². The van der Waals surface area contributed by atoms with E-state index < -0.39 is 4.92 Å². The number of hydrogen-bond donors (Lipinski definition) is 1. The van der Waals surface area contributed by atoms with E-state index in [1.165, 1.54) is 12.1 Å².